The summed E-state index contributed by atoms with van der Waals surface area (Å²) in [6, 6.07) is 21.7. The number of ether oxygens (including phenoxy) is 2. The lowest BCUT2D eigenvalue weighted by Gasteiger charge is -2.40. The molecule has 2 amide bonds. The molecule has 0 saturated carbocycles. The molecule has 1 saturated heterocycles. The Hall–Kier alpha value is -3.68. The zero-order chi connectivity index (χ0) is 24.1. The highest BCUT2D eigenvalue weighted by Gasteiger charge is 2.37. The summed E-state index contributed by atoms with van der Waals surface area (Å²) in [5, 5.41) is 13.1. The van der Waals surface area contributed by atoms with Crippen LogP contribution < -0.4 is 10.1 Å². The van der Waals surface area contributed by atoms with Crippen LogP contribution in [0.4, 0.5) is 5.69 Å². The van der Waals surface area contributed by atoms with Crippen molar-refractivity contribution >= 4 is 17.5 Å². The first kappa shape index (κ1) is 23.5. The Balaban J connectivity index is 1.48. The molecule has 1 heterocycles. The third kappa shape index (κ3) is 5.11. The van der Waals surface area contributed by atoms with Crippen molar-refractivity contribution in [1.29, 1.82) is 0 Å². The van der Waals surface area contributed by atoms with Crippen LogP contribution in [-0.4, -0.2) is 48.2 Å². The van der Waals surface area contributed by atoms with Gasteiger partial charge in [-0.1, -0.05) is 42.5 Å². The van der Waals surface area contributed by atoms with Gasteiger partial charge in [-0.25, -0.2) is 0 Å². The van der Waals surface area contributed by atoms with E-state index in [1.807, 2.05) is 61.5 Å². The minimum atomic E-state index is -0.532. The third-order valence-electron chi connectivity index (χ3n) is 6.04. The van der Waals surface area contributed by atoms with Gasteiger partial charge in [0.1, 0.15) is 18.5 Å². The number of carbonyl (C=O) groups excluding carboxylic acids is 2. The number of rotatable bonds is 7. The van der Waals surface area contributed by atoms with Gasteiger partial charge in [-0.2, -0.15) is 0 Å². The van der Waals surface area contributed by atoms with Gasteiger partial charge in [-0.15, -0.1) is 0 Å². The van der Waals surface area contributed by atoms with E-state index < -0.39 is 12.1 Å². The van der Waals surface area contributed by atoms with E-state index in [4.69, 9.17) is 9.47 Å². The molecule has 176 valence electrons. The molecule has 2 unspecified atom stereocenters. The average molecular weight is 461 g/mol. The minimum Gasteiger partial charge on any atom is -0.497 e. The van der Waals surface area contributed by atoms with Crippen molar-refractivity contribution in [1.82, 2.24) is 4.90 Å². The first-order valence-corrected chi connectivity index (χ1v) is 11.1. The molecule has 34 heavy (non-hydrogen) atoms. The second kappa shape index (κ2) is 10.5. The van der Waals surface area contributed by atoms with Crippen molar-refractivity contribution in [2.75, 3.05) is 25.6 Å². The number of nitrogens with zero attached hydrogens (tertiary/aromatic N) is 1. The summed E-state index contributed by atoms with van der Waals surface area (Å²) in [4.78, 5) is 26.9. The first-order chi connectivity index (χ1) is 16.5. The molecule has 3 aromatic rings. The Morgan fingerprint density at radius 3 is 2.44 bits per heavy atom. The van der Waals surface area contributed by atoms with Crippen LogP contribution in [0.2, 0.25) is 0 Å². The van der Waals surface area contributed by atoms with Gasteiger partial charge in [-0.05, 0) is 53.9 Å². The molecule has 7 nitrogen and oxygen atoms in total. The number of nitrogens with one attached hydrogen (secondary N) is 1. The second-order valence-corrected chi connectivity index (χ2v) is 8.24. The molecular formula is C27H28N2O5. The Bertz CT molecular complexity index is 1140. The van der Waals surface area contributed by atoms with Crippen LogP contribution in [-0.2, 0) is 16.1 Å². The Labute approximate surface area is 198 Å². The number of hydrogen-bond donors (Lipinski definition) is 2. The minimum absolute atomic E-state index is 0.0664. The predicted octanol–water partition coefficient (Wildman–Crippen LogP) is 3.72. The Morgan fingerprint density at radius 1 is 1.09 bits per heavy atom. The van der Waals surface area contributed by atoms with E-state index in [1.54, 1.807) is 30.2 Å². The van der Waals surface area contributed by atoms with Gasteiger partial charge < -0.3 is 24.8 Å². The lowest BCUT2D eigenvalue weighted by atomic mass is 9.98. The smallest absolute Gasteiger partial charge is 0.255 e. The SMILES string of the molecule is COc1ccc(CN2C(=O)COC(c3ccc(NC(=O)c4ccccc4C)cc3)C2CO)cc1. The van der Waals surface area contributed by atoms with E-state index in [-0.39, 0.29) is 25.0 Å². The summed E-state index contributed by atoms with van der Waals surface area (Å²) in [7, 11) is 1.60. The molecule has 0 aliphatic carbocycles. The van der Waals surface area contributed by atoms with Crippen molar-refractivity contribution in [3.05, 3.63) is 95.1 Å². The van der Waals surface area contributed by atoms with Crippen molar-refractivity contribution in [3.8, 4) is 5.75 Å². The van der Waals surface area contributed by atoms with Crippen LogP contribution in [0.25, 0.3) is 0 Å². The van der Waals surface area contributed by atoms with Gasteiger partial charge in [-0.3, -0.25) is 9.59 Å². The maximum Gasteiger partial charge on any atom is 0.255 e. The number of hydrogen-bond acceptors (Lipinski definition) is 5. The summed E-state index contributed by atoms with van der Waals surface area (Å²) < 4.78 is 11.0. The highest BCUT2D eigenvalue weighted by Crippen LogP contribution is 2.31. The number of aliphatic hydroxyl groups is 1. The van der Waals surface area contributed by atoms with E-state index in [1.165, 1.54) is 0 Å². The van der Waals surface area contributed by atoms with Gasteiger partial charge in [0.25, 0.3) is 5.91 Å². The number of aliphatic hydroxyl groups excluding tert-OH is 1. The van der Waals surface area contributed by atoms with Crippen molar-refractivity contribution in [2.24, 2.45) is 0 Å². The van der Waals surface area contributed by atoms with Crippen LogP contribution in [0.15, 0.2) is 72.8 Å². The number of anilines is 1. The third-order valence-corrected chi connectivity index (χ3v) is 6.04. The number of aryl methyl sites for hydroxylation is 1. The summed E-state index contributed by atoms with van der Waals surface area (Å²) in [6.07, 6.45) is -0.484. The van der Waals surface area contributed by atoms with E-state index in [2.05, 4.69) is 5.32 Å². The molecule has 1 fully saturated rings. The fraction of sp³-hybridized carbons (Fsp3) is 0.259. The van der Waals surface area contributed by atoms with E-state index in [0.29, 0.717) is 17.8 Å². The van der Waals surface area contributed by atoms with Crippen LogP contribution >= 0.6 is 0 Å². The molecule has 2 N–H and O–H groups in total. The van der Waals surface area contributed by atoms with Gasteiger partial charge in [0.15, 0.2) is 0 Å². The number of methoxy groups -OCH3 is 1. The number of benzene rings is 3. The lowest BCUT2D eigenvalue weighted by Crippen LogP contribution is -2.52. The molecule has 0 bridgehead atoms. The van der Waals surface area contributed by atoms with Crippen molar-refractivity contribution in [3.63, 3.8) is 0 Å². The van der Waals surface area contributed by atoms with E-state index in [9.17, 15) is 14.7 Å². The van der Waals surface area contributed by atoms with Crippen LogP contribution in [0, 0.1) is 6.92 Å². The fourth-order valence-corrected chi connectivity index (χ4v) is 4.13. The second-order valence-electron chi connectivity index (χ2n) is 8.24. The first-order valence-electron chi connectivity index (χ1n) is 11.1. The monoisotopic (exact) mass is 460 g/mol. The van der Waals surface area contributed by atoms with Crippen LogP contribution in [0.1, 0.15) is 33.2 Å². The summed E-state index contributed by atoms with van der Waals surface area (Å²) in [5.74, 6) is 0.390. The molecule has 7 heteroatoms. The van der Waals surface area contributed by atoms with E-state index in [0.717, 1.165) is 22.4 Å². The highest BCUT2D eigenvalue weighted by molar-refractivity contribution is 6.05. The molecule has 0 aromatic heterocycles. The predicted molar refractivity (Wildman–Crippen MR) is 129 cm³/mol. The zero-order valence-electron chi connectivity index (χ0n) is 19.2. The quantitative estimate of drug-likeness (QED) is 0.561. The number of amides is 2. The number of morpholine rings is 1. The summed E-state index contributed by atoms with van der Waals surface area (Å²) in [6.45, 7) is 1.95. The van der Waals surface area contributed by atoms with Gasteiger partial charge >= 0.3 is 0 Å². The Kier molecular flexibility index (Phi) is 7.25. The highest BCUT2D eigenvalue weighted by atomic mass is 16.5. The molecule has 3 aromatic carbocycles. The summed E-state index contributed by atoms with van der Waals surface area (Å²) in [5.41, 5.74) is 3.93. The molecule has 0 radical (unpaired) electrons. The molecular weight excluding hydrogens is 432 g/mol. The zero-order valence-corrected chi connectivity index (χ0v) is 19.2. The normalized spacial score (nSPS) is 18.0. The maximum absolute atomic E-state index is 12.6. The van der Waals surface area contributed by atoms with Crippen LogP contribution in [0.5, 0.6) is 5.75 Å². The Morgan fingerprint density at radius 2 is 1.79 bits per heavy atom. The van der Waals surface area contributed by atoms with Crippen LogP contribution in [0.3, 0.4) is 0 Å². The molecule has 1 aliphatic rings. The van der Waals surface area contributed by atoms with Gasteiger partial charge in [0.2, 0.25) is 5.91 Å². The molecule has 1 aliphatic heterocycles. The molecule has 2 atom stereocenters. The van der Waals surface area contributed by atoms with Crippen molar-refractivity contribution in [2.45, 2.75) is 25.6 Å². The van der Waals surface area contributed by atoms with Gasteiger partial charge in [0, 0.05) is 17.8 Å². The largest absolute Gasteiger partial charge is 0.497 e. The summed E-state index contributed by atoms with van der Waals surface area (Å²) >= 11 is 0. The molecule has 4 rings (SSSR count). The van der Waals surface area contributed by atoms with Gasteiger partial charge in [0.05, 0.1) is 19.8 Å². The fourth-order valence-electron chi connectivity index (χ4n) is 4.13. The van der Waals surface area contributed by atoms with Crippen molar-refractivity contribution < 1.29 is 24.2 Å². The number of carbonyl (C=O) groups is 2. The molecule has 0 spiro atoms. The average Bonchev–Trinajstić information content (AvgIpc) is 2.86. The topological polar surface area (TPSA) is 88.1 Å². The standard InChI is InChI=1S/C27H28N2O5/c1-18-5-3-4-6-23(18)27(32)28-21-11-9-20(10-12-21)26-24(16-30)29(25(31)17-34-26)15-19-7-13-22(33-2)14-8-19/h3-14,24,26,30H,15-17H2,1-2H3,(H,28,32). The van der Waals surface area contributed by atoms with E-state index >= 15 is 0 Å². The lowest BCUT2D eigenvalue weighted by molar-refractivity contribution is -0.162. The maximum atomic E-state index is 12.6.